The zero-order chi connectivity index (χ0) is 37.9. The van der Waals surface area contributed by atoms with E-state index in [-0.39, 0.29) is 101 Å². The highest BCUT2D eigenvalue weighted by molar-refractivity contribution is 7.59. The molecule has 2 amide bonds. The molecule has 4 aromatic rings. The molecule has 2 unspecified atom stereocenters. The largest absolute Gasteiger partial charge is 0.489 e. The van der Waals surface area contributed by atoms with Crippen LogP contribution in [-0.2, 0) is 45.2 Å². The van der Waals surface area contributed by atoms with Gasteiger partial charge in [0.15, 0.2) is 0 Å². The predicted octanol–water partition coefficient (Wildman–Crippen LogP) is 6.45. The number of rotatable bonds is 18. The van der Waals surface area contributed by atoms with Crippen molar-refractivity contribution in [2.24, 2.45) is 0 Å². The molecule has 54 heavy (non-hydrogen) atoms. The summed E-state index contributed by atoms with van der Waals surface area (Å²) < 4.78 is 37.5. The van der Waals surface area contributed by atoms with Crippen molar-refractivity contribution < 1.29 is 42.5 Å². The molecule has 0 aromatic heterocycles. The first kappa shape index (κ1) is 47.3. The van der Waals surface area contributed by atoms with Crippen LogP contribution in [0.15, 0.2) is 97.1 Å². The van der Waals surface area contributed by atoms with Gasteiger partial charge in [0.2, 0.25) is 11.8 Å². The van der Waals surface area contributed by atoms with E-state index in [0.717, 1.165) is 28.7 Å². The molecule has 0 aliphatic carbocycles. The van der Waals surface area contributed by atoms with Crippen molar-refractivity contribution in [3.63, 3.8) is 0 Å². The van der Waals surface area contributed by atoms with Crippen LogP contribution in [0.25, 0.3) is 0 Å². The fraction of sp³-hybridized carbons (Fsp3) is 0.317. The van der Waals surface area contributed by atoms with Crippen molar-refractivity contribution >= 4 is 50.4 Å². The van der Waals surface area contributed by atoms with Crippen molar-refractivity contribution in [1.29, 1.82) is 0 Å². The van der Waals surface area contributed by atoms with Crippen LogP contribution < -0.4 is 20.1 Å². The Kier molecular flexibility index (Phi) is 22.2. The number of carbonyl (C=O) groups is 4. The SMILES string of the molecule is CC(=O)NC(CO)CC(=O)Cc1ccc(OCc2cccc(F)c2)cc1.CCC(CC(=O)Cc1ccc(OCc2cccc(F)c2)cc1)NC(C)=O.S.S. The van der Waals surface area contributed by atoms with E-state index in [2.05, 4.69) is 10.6 Å². The van der Waals surface area contributed by atoms with Crippen molar-refractivity contribution in [1.82, 2.24) is 10.6 Å². The third-order valence-electron chi connectivity index (χ3n) is 7.71. The van der Waals surface area contributed by atoms with Crippen molar-refractivity contribution in [3.05, 3.63) is 131 Å². The average molecular weight is 785 g/mol. The highest BCUT2D eigenvalue weighted by Crippen LogP contribution is 2.17. The first-order valence-corrected chi connectivity index (χ1v) is 17.0. The number of amides is 2. The predicted molar refractivity (Wildman–Crippen MR) is 214 cm³/mol. The van der Waals surface area contributed by atoms with Gasteiger partial charge in [-0.1, -0.05) is 55.5 Å². The van der Waals surface area contributed by atoms with Gasteiger partial charge in [-0.25, -0.2) is 8.78 Å². The molecule has 13 heteroatoms. The van der Waals surface area contributed by atoms with Crippen molar-refractivity contribution in [3.8, 4) is 11.5 Å². The third-order valence-corrected chi connectivity index (χ3v) is 7.71. The summed E-state index contributed by atoms with van der Waals surface area (Å²) in [6, 6.07) is 26.2. The molecule has 0 spiro atoms. The number of aliphatic hydroxyl groups is 1. The van der Waals surface area contributed by atoms with Gasteiger partial charge < -0.3 is 25.2 Å². The van der Waals surface area contributed by atoms with E-state index in [1.165, 1.54) is 38.1 Å². The van der Waals surface area contributed by atoms with Crippen LogP contribution in [0, 0.1) is 11.6 Å². The topological polar surface area (TPSA) is 131 Å². The van der Waals surface area contributed by atoms with E-state index in [9.17, 15) is 33.1 Å². The molecule has 4 aromatic carbocycles. The maximum atomic E-state index is 13.1. The van der Waals surface area contributed by atoms with Gasteiger partial charge in [0, 0.05) is 45.6 Å². The molecule has 0 saturated heterocycles. The molecule has 3 N–H and O–H groups in total. The molecule has 292 valence electrons. The van der Waals surface area contributed by atoms with Crippen LogP contribution in [-0.4, -0.2) is 47.2 Å². The highest BCUT2D eigenvalue weighted by Gasteiger charge is 2.15. The first-order chi connectivity index (χ1) is 24.9. The molecule has 0 saturated carbocycles. The molecular formula is C41H50F2N2O7S2. The van der Waals surface area contributed by atoms with Gasteiger partial charge in [0.1, 0.15) is 47.9 Å². The summed E-state index contributed by atoms with van der Waals surface area (Å²) in [5.41, 5.74) is 3.20. The van der Waals surface area contributed by atoms with E-state index in [1.54, 1.807) is 60.7 Å². The number of carbonyl (C=O) groups excluding carboxylic acids is 4. The lowest BCUT2D eigenvalue weighted by molar-refractivity contribution is -0.123. The number of Topliss-reactive ketones (excluding diaryl/α,β-unsaturated/α-hetero) is 2. The van der Waals surface area contributed by atoms with Gasteiger partial charge >= 0.3 is 0 Å². The van der Waals surface area contributed by atoms with E-state index < -0.39 is 6.04 Å². The van der Waals surface area contributed by atoms with Gasteiger partial charge in [0.25, 0.3) is 0 Å². The Morgan fingerprint density at radius 2 is 1.00 bits per heavy atom. The quantitative estimate of drug-likeness (QED) is 0.106. The third kappa shape index (κ3) is 18.9. The van der Waals surface area contributed by atoms with Crippen molar-refractivity contribution in [2.75, 3.05) is 6.61 Å². The Morgan fingerprint density at radius 3 is 1.35 bits per heavy atom. The molecule has 0 radical (unpaired) electrons. The lowest BCUT2D eigenvalue weighted by Gasteiger charge is -2.15. The molecule has 0 aliphatic heterocycles. The van der Waals surface area contributed by atoms with Crippen LogP contribution in [0.1, 0.15) is 62.3 Å². The fourth-order valence-electron chi connectivity index (χ4n) is 5.18. The Morgan fingerprint density at radius 1 is 0.611 bits per heavy atom. The summed E-state index contributed by atoms with van der Waals surface area (Å²) in [6.07, 6.45) is 1.65. The van der Waals surface area contributed by atoms with Gasteiger partial charge in [0.05, 0.1) is 12.6 Å². The fourth-order valence-corrected chi connectivity index (χ4v) is 5.18. The van der Waals surface area contributed by atoms with E-state index in [0.29, 0.717) is 24.3 Å². The highest BCUT2D eigenvalue weighted by atomic mass is 32.1. The van der Waals surface area contributed by atoms with E-state index in [4.69, 9.17) is 9.47 Å². The molecule has 4 rings (SSSR count). The molecule has 0 heterocycles. The summed E-state index contributed by atoms with van der Waals surface area (Å²) in [4.78, 5) is 46.4. The smallest absolute Gasteiger partial charge is 0.217 e. The van der Waals surface area contributed by atoms with Crippen LogP contribution in [0.2, 0.25) is 0 Å². The van der Waals surface area contributed by atoms with E-state index >= 15 is 0 Å². The second-order valence-electron chi connectivity index (χ2n) is 12.3. The zero-order valence-corrected chi connectivity index (χ0v) is 32.7. The first-order valence-electron chi connectivity index (χ1n) is 17.0. The second-order valence-corrected chi connectivity index (χ2v) is 12.3. The number of hydrogen-bond acceptors (Lipinski definition) is 7. The number of ketones is 2. The summed E-state index contributed by atoms with van der Waals surface area (Å²) in [5, 5.41) is 14.5. The minimum atomic E-state index is -0.561. The summed E-state index contributed by atoms with van der Waals surface area (Å²) >= 11 is 0. The lowest BCUT2D eigenvalue weighted by atomic mass is 10.0. The molecule has 9 nitrogen and oxygen atoms in total. The van der Waals surface area contributed by atoms with Crippen molar-refractivity contribution in [2.45, 2.75) is 78.2 Å². The van der Waals surface area contributed by atoms with E-state index in [1.807, 2.05) is 19.1 Å². The van der Waals surface area contributed by atoms with Crippen LogP contribution >= 0.6 is 27.0 Å². The number of hydrogen-bond donors (Lipinski definition) is 3. The van der Waals surface area contributed by atoms with Gasteiger partial charge in [-0.15, -0.1) is 0 Å². The molecule has 2 atom stereocenters. The second kappa shape index (κ2) is 25.3. The van der Waals surface area contributed by atoms with Gasteiger partial charge in [-0.05, 0) is 77.2 Å². The lowest BCUT2D eigenvalue weighted by Crippen LogP contribution is -2.37. The minimum Gasteiger partial charge on any atom is -0.489 e. The summed E-state index contributed by atoms with van der Waals surface area (Å²) in [6.45, 7) is 5.00. The van der Waals surface area contributed by atoms with Gasteiger partial charge in [-0.3, -0.25) is 19.2 Å². The molecule has 0 bridgehead atoms. The minimum absolute atomic E-state index is 0. The number of benzene rings is 4. The monoisotopic (exact) mass is 784 g/mol. The Balaban J connectivity index is 0.000000521. The number of ether oxygens (including phenoxy) is 2. The Hall–Kier alpha value is -4.72. The van der Waals surface area contributed by atoms with Gasteiger partial charge in [-0.2, -0.15) is 27.0 Å². The van der Waals surface area contributed by atoms with Crippen LogP contribution in [0.3, 0.4) is 0 Å². The maximum absolute atomic E-state index is 13.1. The number of halogens is 2. The zero-order valence-electron chi connectivity index (χ0n) is 30.7. The Labute approximate surface area is 329 Å². The van der Waals surface area contributed by atoms with Crippen LogP contribution in [0.5, 0.6) is 11.5 Å². The normalized spacial score (nSPS) is 11.2. The standard InChI is InChI=1S/C21H24FNO3.C20H22FNO4.2H2S/c1-3-19(23-15(2)24)13-20(25)12-16-7-9-21(10-8-16)26-14-17-5-4-6-18(22)11-17;1-14(24)22-18(12-23)11-19(25)10-15-5-7-20(8-6-15)26-13-16-3-2-4-17(21)9-16;;/h4-11,19H,3,12-14H2,1-2H3,(H,23,24);2-9,18,23H,10-13H2,1H3,(H,22,24);2*1H2. The van der Waals surface area contributed by atoms with Crippen LogP contribution in [0.4, 0.5) is 8.78 Å². The molecule has 0 fully saturated rings. The number of aliphatic hydroxyl groups excluding tert-OH is 1. The Bertz CT molecular complexity index is 1630. The molecule has 0 aliphatic rings. The molecular weight excluding hydrogens is 735 g/mol. The summed E-state index contributed by atoms with van der Waals surface area (Å²) in [7, 11) is 0. The summed E-state index contributed by atoms with van der Waals surface area (Å²) in [5.74, 6) is 0.295. The average Bonchev–Trinajstić information content (AvgIpc) is 3.10. The maximum Gasteiger partial charge on any atom is 0.217 e. The number of nitrogens with one attached hydrogen (secondary N) is 2.